The fourth-order valence-electron chi connectivity index (χ4n) is 0.304. The van der Waals surface area contributed by atoms with Gasteiger partial charge in [-0.25, -0.2) is 0 Å². The van der Waals surface area contributed by atoms with Gasteiger partial charge in [0.05, 0.1) is 0 Å². The van der Waals surface area contributed by atoms with Gasteiger partial charge in [0.15, 0.2) is 3.95 Å². The number of hydrogen-bond acceptors (Lipinski definition) is 3. The van der Waals surface area contributed by atoms with Gasteiger partial charge in [-0.3, -0.25) is 5.10 Å². The van der Waals surface area contributed by atoms with Crippen LogP contribution in [0.1, 0.15) is 25.3 Å². The molecule has 2 nitrogen and oxygen atoms in total. The lowest BCUT2D eigenvalue weighted by Gasteiger charge is -1.63. The van der Waals surface area contributed by atoms with Crippen molar-refractivity contribution in [2.24, 2.45) is 0 Å². The topological polar surface area (TPSA) is 28.7 Å². The Morgan fingerprint density at radius 3 is 2.20 bits per heavy atom. The molecule has 1 aromatic rings. The van der Waals surface area contributed by atoms with Gasteiger partial charge in [-0.15, -0.1) is 0 Å². The van der Waals surface area contributed by atoms with Crippen LogP contribution in [0.5, 0.6) is 0 Å². The highest BCUT2D eigenvalue weighted by Gasteiger charge is 1.82. The molecule has 0 unspecified atom stereocenters. The zero-order valence-corrected chi connectivity index (χ0v) is 8.10. The summed E-state index contributed by atoms with van der Waals surface area (Å²) in [6, 6.07) is 0. The van der Waals surface area contributed by atoms with Crippen LogP contribution in [0.15, 0.2) is 0 Å². The third kappa shape index (κ3) is 4.64. The van der Waals surface area contributed by atoms with E-state index in [9.17, 15) is 0 Å². The maximum absolute atomic E-state index is 4.73. The van der Waals surface area contributed by atoms with E-state index in [2.05, 4.69) is 24.0 Å². The van der Waals surface area contributed by atoms with Crippen LogP contribution >= 0.6 is 23.6 Å². The van der Waals surface area contributed by atoms with Crippen molar-refractivity contribution in [3.8, 4) is 0 Å². The molecule has 1 rings (SSSR count). The van der Waals surface area contributed by atoms with Gasteiger partial charge in [-0.05, 0) is 19.1 Å². The van der Waals surface area contributed by atoms with Gasteiger partial charge in [0.1, 0.15) is 5.01 Å². The number of hydrogen-bond donors (Lipinski definition) is 1. The highest BCUT2D eigenvalue weighted by molar-refractivity contribution is 7.73. The summed E-state index contributed by atoms with van der Waals surface area (Å²) in [4.78, 5) is 0. The first-order valence-electron chi connectivity index (χ1n) is 3.22. The highest BCUT2D eigenvalue weighted by atomic mass is 32.1. The molecular weight excluding hydrogens is 164 g/mol. The number of aromatic nitrogens is 2. The first kappa shape index (κ1) is 9.78. The monoisotopic (exact) mass is 176 g/mol. The van der Waals surface area contributed by atoms with Crippen LogP contribution in [0.25, 0.3) is 0 Å². The maximum Gasteiger partial charge on any atom is 0.176 e. The second-order valence-electron chi connectivity index (χ2n) is 1.84. The molecule has 1 N–H and O–H groups in total. The molecule has 0 radical (unpaired) electrons. The molecule has 0 aliphatic heterocycles. The van der Waals surface area contributed by atoms with Crippen molar-refractivity contribution in [1.29, 1.82) is 0 Å². The molecule has 10 heavy (non-hydrogen) atoms. The average Bonchev–Trinajstić information content (AvgIpc) is 2.17. The Balaban J connectivity index is 0.000000236. The second kappa shape index (κ2) is 5.56. The molecule has 0 spiro atoms. The first-order chi connectivity index (χ1) is 4.70. The lowest BCUT2D eigenvalue weighted by atomic mass is 10.6. The van der Waals surface area contributed by atoms with Crippen molar-refractivity contribution in [1.82, 2.24) is 10.2 Å². The molecule has 0 saturated heterocycles. The molecule has 0 aliphatic rings. The lowest BCUT2D eigenvalue weighted by Crippen LogP contribution is -1.65. The molecule has 0 amide bonds. The van der Waals surface area contributed by atoms with E-state index in [1.165, 1.54) is 17.8 Å². The van der Waals surface area contributed by atoms with E-state index < -0.39 is 0 Å². The molecule has 0 atom stereocenters. The van der Waals surface area contributed by atoms with Gasteiger partial charge in [-0.1, -0.05) is 31.6 Å². The van der Waals surface area contributed by atoms with Crippen LogP contribution in [-0.2, 0) is 0 Å². The maximum atomic E-state index is 4.73. The van der Waals surface area contributed by atoms with E-state index in [1.807, 2.05) is 6.92 Å². The summed E-state index contributed by atoms with van der Waals surface area (Å²) in [6.45, 7) is 6.16. The Bertz CT molecular complexity index is 214. The number of nitrogens with one attached hydrogen (secondary N) is 1. The van der Waals surface area contributed by atoms with Crippen LogP contribution in [0, 0.1) is 10.9 Å². The standard InChI is InChI=1S/C3H4N2S2.C3H8/c1-2-4-5-3(6)7-2;1-3-2/h1H3,(H,5,6);3H2,1-2H3. The molecule has 1 heterocycles. The summed E-state index contributed by atoms with van der Waals surface area (Å²) in [5.41, 5.74) is 0. The Kier molecular flexibility index (Phi) is 5.43. The average molecular weight is 176 g/mol. The molecule has 0 saturated carbocycles. The summed E-state index contributed by atoms with van der Waals surface area (Å²) in [6.07, 6.45) is 1.25. The minimum atomic E-state index is 0.748. The number of aryl methyl sites for hydroxylation is 1. The van der Waals surface area contributed by atoms with Gasteiger partial charge in [-0.2, -0.15) is 5.10 Å². The first-order valence-corrected chi connectivity index (χ1v) is 4.45. The predicted octanol–water partition coefficient (Wildman–Crippen LogP) is 2.93. The van der Waals surface area contributed by atoms with Gasteiger partial charge in [0, 0.05) is 0 Å². The fraction of sp³-hybridized carbons (Fsp3) is 0.667. The Morgan fingerprint density at radius 1 is 1.60 bits per heavy atom. The SMILES string of the molecule is CCC.Cc1n[nH]c(=S)s1. The molecule has 1 aromatic heterocycles. The zero-order chi connectivity index (χ0) is 7.98. The lowest BCUT2D eigenvalue weighted by molar-refractivity contribution is 1.04. The quantitative estimate of drug-likeness (QED) is 0.616. The van der Waals surface area contributed by atoms with Crippen LogP contribution < -0.4 is 0 Å². The number of nitrogens with zero attached hydrogens (tertiary/aromatic N) is 1. The Labute approximate surface area is 70.3 Å². The Morgan fingerprint density at radius 2 is 2.10 bits per heavy atom. The van der Waals surface area contributed by atoms with Gasteiger partial charge in [0.2, 0.25) is 0 Å². The number of rotatable bonds is 0. The summed E-state index contributed by atoms with van der Waals surface area (Å²) in [5.74, 6) is 0. The minimum Gasteiger partial charge on any atom is -0.258 e. The summed E-state index contributed by atoms with van der Waals surface area (Å²) < 4.78 is 0.748. The smallest absolute Gasteiger partial charge is 0.176 e. The van der Waals surface area contributed by atoms with E-state index in [4.69, 9.17) is 12.2 Å². The minimum absolute atomic E-state index is 0.748. The largest absolute Gasteiger partial charge is 0.258 e. The van der Waals surface area contributed by atoms with Crippen molar-refractivity contribution < 1.29 is 0 Å². The molecule has 4 heteroatoms. The van der Waals surface area contributed by atoms with Crippen molar-refractivity contribution >= 4 is 23.6 Å². The molecule has 0 fully saturated rings. The number of aromatic amines is 1. The Hall–Kier alpha value is -0.220. The molecule has 0 aliphatic carbocycles. The van der Waals surface area contributed by atoms with E-state index in [0.29, 0.717) is 0 Å². The van der Waals surface area contributed by atoms with Gasteiger partial charge < -0.3 is 0 Å². The van der Waals surface area contributed by atoms with Crippen LogP contribution in [0.2, 0.25) is 0 Å². The van der Waals surface area contributed by atoms with E-state index in [1.54, 1.807) is 0 Å². The number of H-pyrrole nitrogens is 1. The van der Waals surface area contributed by atoms with Crippen LogP contribution in [-0.4, -0.2) is 10.2 Å². The molecule has 0 aromatic carbocycles. The van der Waals surface area contributed by atoms with Crippen molar-refractivity contribution in [2.75, 3.05) is 0 Å². The molecule has 58 valence electrons. The van der Waals surface area contributed by atoms with Gasteiger partial charge in [0.25, 0.3) is 0 Å². The van der Waals surface area contributed by atoms with E-state index in [0.717, 1.165) is 8.96 Å². The third-order valence-corrected chi connectivity index (χ3v) is 1.55. The van der Waals surface area contributed by atoms with Gasteiger partial charge >= 0.3 is 0 Å². The van der Waals surface area contributed by atoms with Crippen molar-refractivity contribution in [3.05, 3.63) is 8.96 Å². The van der Waals surface area contributed by atoms with Crippen molar-refractivity contribution in [3.63, 3.8) is 0 Å². The summed E-state index contributed by atoms with van der Waals surface area (Å²) in [5, 5.41) is 7.45. The zero-order valence-electron chi connectivity index (χ0n) is 6.47. The fourth-order valence-corrected chi connectivity index (χ4v) is 1.16. The molecule has 0 bridgehead atoms. The van der Waals surface area contributed by atoms with Crippen LogP contribution in [0.3, 0.4) is 0 Å². The summed E-state index contributed by atoms with van der Waals surface area (Å²) >= 11 is 6.22. The third-order valence-electron chi connectivity index (χ3n) is 0.545. The molecular formula is C6H12N2S2. The normalized spacial score (nSPS) is 8.30. The predicted molar refractivity (Wildman–Crippen MR) is 48.0 cm³/mol. The van der Waals surface area contributed by atoms with Crippen LogP contribution in [0.4, 0.5) is 0 Å². The second-order valence-corrected chi connectivity index (χ2v) is 3.71. The summed E-state index contributed by atoms with van der Waals surface area (Å²) in [7, 11) is 0. The highest BCUT2D eigenvalue weighted by Crippen LogP contribution is 1.99. The van der Waals surface area contributed by atoms with Crippen molar-refractivity contribution in [2.45, 2.75) is 27.2 Å². The van der Waals surface area contributed by atoms with E-state index in [-0.39, 0.29) is 0 Å². The van der Waals surface area contributed by atoms with E-state index >= 15 is 0 Å².